The average Bonchev–Trinajstić information content (AvgIpc) is 4.02. The molecule has 0 aliphatic carbocycles. The lowest BCUT2D eigenvalue weighted by Crippen LogP contribution is -1.94. The van der Waals surface area contributed by atoms with Gasteiger partial charge in [-0.1, -0.05) is 158 Å². The van der Waals surface area contributed by atoms with Crippen molar-refractivity contribution in [3.05, 3.63) is 231 Å². The second-order valence-corrected chi connectivity index (χ2v) is 16.5. The number of hydrogen-bond acceptors (Lipinski definition) is 1. The summed E-state index contributed by atoms with van der Waals surface area (Å²) in [4.78, 5) is 0. The molecule has 0 aliphatic rings. The van der Waals surface area contributed by atoms with Crippen LogP contribution in [0.1, 0.15) is 0 Å². The molecule has 3 heteroatoms. The highest BCUT2D eigenvalue weighted by atomic mass is 16.3. The van der Waals surface area contributed by atoms with Crippen LogP contribution in [-0.2, 0) is 0 Å². The summed E-state index contributed by atoms with van der Waals surface area (Å²) in [6, 6.07) is 83.4. The number of rotatable bonds is 6. The Hall–Kier alpha value is -8.40. The first-order chi connectivity index (χ1) is 31.2. The van der Waals surface area contributed by atoms with E-state index in [1.807, 2.05) is 6.07 Å². The van der Waals surface area contributed by atoms with E-state index in [1.54, 1.807) is 0 Å². The molecule has 0 atom stereocenters. The van der Waals surface area contributed by atoms with E-state index in [1.165, 1.54) is 93.5 Å². The second kappa shape index (κ2) is 14.1. The molecule has 3 aromatic heterocycles. The summed E-state index contributed by atoms with van der Waals surface area (Å²) >= 11 is 0. The lowest BCUT2D eigenvalue weighted by molar-refractivity contribution is 0.669. The summed E-state index contributed by atoms with van der Waals surface area (Å²) in [6.45, 7) is 0. The smallest absolute Gasteiger partial charge is 0.136 e. The van der Waals surface area contributed by atoms with Gasteiger partial charge in [-0.2, -0.15) is 0 Å². The topological polar surface area (TPSA) is 23.0 Å². The molecule has 0 radical (unpaired) electrons. The Morgan fingerprint density at radius 2 is 0.635 bits per heavy atom. The van der Waals surface area contributed by atoms with Gasteiger partial charge in [-0.15, -0.1) is 0 Å². The molecule has 13 rings (SSSR count). The maximum Gasteiger partial charge on any atom is 0.136 e. The van der Waals surface area contributed by atoms with Crippen molar-refractivity contribution in [1.29, 1.82) is 0 Å². The normalized spacial score (nSPS) is 11.8. The van der Waals surface area contributed by atoms with Crippen molar-refractivity contribution >= 4 is 65.6 Å². The van der Waals surface area contributed by atoms with Gasteiger partial charge in [-0.25, -0.2) is 0 Å². The van der Waals surface area contributed by atoms with Crippen molar-refractivity contribution in [1.82, 2.24) is 9.13 Å². The predicted molar refractivity (Wildman–Crippen MR) is 264 cm³/mol. The van der Waals surface area contributed by atoms with Crippen LogP contribution in [0, 0.1) is 0 Å². The lowest BCUT2D eigenvalue weighted by Gasteiger charge is -2.11. The van der Waals surface area contributed by atoms with Crippen LogP contribution in [0.5, 0.6) is 0 Å². The van der Waals surface area contributed by atoms with Crippen molar-refractivity contribution in [3.8, 4) is 55.9 Å². The molecule has 13 aromatic rings. The fourth-order valence-corrected chi connectivity index (χ4v) is 9.94. The first kappa shape index (κ1) is 35.4. The van der Waals surface area contributed by atoms with Crippen LogP contribution >= 0.6 is 0 Å². The van der Waals surface area contributed by atoms with Crippen molar-refractivity contribution in [2.45, 2.75) is 0 Å². The maximum absolute atomic E-state index is 6.29. The average molecular weight is 803 g/mol. The molecule has 3 heterocycles. The van der Waals surface area contributed by atoms with Gasteiger partial charge in [0.1, 0.15) is 11.2 Å². The first-order valence-electron chi connectivity index (χ1n) is 21.6. The molecule has 0 unspecified atom stereocenters. The summed E-state index contributed by atoms with van der Waals surface area (Å²) in [7, 11) is 0. The molecule has 0 N–H and O–H groups in total. The number of benzene rings is 10. The predicted octanol–water partition coefficient (Wildman–Crippen LogP) is 16.4. The van der Waals surface area contributed by atoms with Crippen LogP contribution < -0.4 is 0 Å². The Labute approximate surface area is 363 Å². The first-order valence-corrected chi connectivity index (χ1v) is 21.6. The molecular weight excluding hydrogens is 765 g/mol. The number of aromatic nitrogens is 2. The molecule has 0 saturated carbocycles. The molecule has 0 aliphatic heterocycles. The zero-order chi connectivity index (χ0) is 41.4. The molecule has 0 saturated heterocycles. The monoisotopic (exact) mass is 802 g/mol. The highest BCUT2D eigenvalue weighted by molar-refractivity contribution is 6.27. The number of para-hydroxylation sites is 2. The Morgan fingerprint density at radius 3 is 1.19 bits per heavy atom. The van der Waals surface area contributed by atoms with Crippen molar-refractivity contribution in [2.24, 2.45) is 0 Å². The van der Waals surface area contributed by atoms with Gasteiger partial charge in [-0.3, -0.25) is 0 Å². The summed E-state index contributed by atoms with van der Waals surface area (Å²) in [5.74, 6) is 0. The third kappa shape index (κ3) is 5.67. The Bertz CT molecular complexity index is 3760. The molecule has 10 aromatic carbocycles. The highest BCUT2D eigenvalue weighted by Crippen LogP contribution is 2.42. The second-order valence-electron chi connectivity index (χ2n) is 16.5. The molecule has 63 heavy (non-hydrogen) atoms. The van der Waals surface area contributed by atoms with E-state index in [0.717, 1.165) is 27.9 Å². The number of nitrogens with zero attached hydrogens (tertiary/aromatic N) is 2. The molecule has 294 valence electrons. The van der Waals surface area contributed by atoms with E-state index in [-0.39, 0.29) is 0 Å². The van der Waals surface area contributed by atoms with E-state index in [2.05, 4.69) is 234 Å². The lowest BCUT2D eigenvalue weighted by atomic mass is 10.00. The third-order valence-corrected chi connectivity index (χ3v) is 13.0. The SMILES string of the molecule is c1ccc(-c2ccc3c(c2)c2cc(-c4ccccc4)ccc2n3-c2ccc(-c3ccc(-c4ccc(-n5c6ccccc6c6c7c(ccc65)oc5ccccc57)cc4)cc3)cc2)cc1. The fraction of sp³-hybridized carbons (Fsp3) is 0. The van der Waals surface area contributed by atoms with Crippen molar-refractivity contribution < 1.29 is 4.42 Å². The molecule has 0 bridgehead atoms. The van der Waals surface area contributed by atoms with Crippen LogP contribution in [-0.4, -0.2) is 9.13 Å². The van der Waals surface area contributed by atoms with E-state index < -0.39 is 0 Å². The minimum absolute atomic E-state index is 0.916. The van der Waals surface area contributed by atoms with Gasteiger partial charge in [0, 0.05) is 43.7 Å². The molecule has 0 spiro atoms. The Morgan fingerprint density at radius 1 is 0.238 bits per heavy atom. The van der Waals surface area contributed by atoms with E-state index in [0.29, 0.717) is 0 Å². The number of hydrogen-bond donors (Lipinski definition) is 0. The summed E-state index contributed by atoms with van der Waals surface area (Å²) < 4.78 is 11.1. The van der Waals surface area contributed by atoms with Gasteiger partial charge in [0.25, 0.3) is 0 Å². The number of furan rings is 1. The Kier molecular flexibility index (Phi) is 7.91. The zero-order valence-corrected chi connectivity index (χ0v) is 34.2. The van der Waals surface area contributed by atoms with Crippen LogP contribution in [0.25, 0.3) is 121 Å². The van der Waals surface area contributed by atoms with E-state index in [4.69, 9.17) is 4.42 Å². The summed E-state index contributed by atoms with van der Waals surface area (Å²) in [5.41, 5.74) is 18.5. The highest BCUT2D eigenvalue weighted by Gasteiger charge is 2.19. The summed E-state index contributed by atoms with van der Waals surface area (Å²) in [6.07, 6.45) is 0. The Balaban J connectivity index is 0.827. The zero-order valence-electron chi connectivity index (χ0n) is 34.2. The van der Waals surface area contributed by atoms with Gasteiger partial charge >= 0.3 is 0 Å². The standard InChI is InChI=1S/C60H38N2O/c1-3-11-39(12-4-1)45-27-33-54-51(37-45)52-38-46(40-13-5-2-6-14-40)28-34-55(52)61(54)47-29-23-43(24-30-47)41-19-21-42(22-20-41)44-25-31-48(32-26-44)62-53-17-9-7-15-49(53)59-56(62)35-36-58-60(59)50-16-8-10-18-57(50)63-58/h1-38H. The van der Waals surface area contributed by atoms with Gasteiger partial charge in [0.2, 0.25) is 0 Å². The molecule has 3 nitrogen and oxygen atoms in total. The van der Waals surface area contributed by atoms with Crippen LogP contribution in [0.2, 0.25) is 0 Å². The van der Waals surface area contributed by atoms with Crippen LogP contribution in [0.4, 0.5) is 0 Å². The van der Waals surface area contributed by atoms with Gasteiger partial charge in [-0.05, 0) is 117 Å². The minimum Gasteiger partial charge on any atom is -0.456 e. The summed E-state index contributed by atoms with van der Waals surface area (Å²) in [5, 5.41) is 7.27. The largest absolute Gasteiger partial charge is 0.456 e. The quantitative estimate of drug-likeness (QED) is 0.164. The van der Waals surface area contributed by atoms with Crippen molar-refractivity contribution in [2.75, 3.05) is 0 Å². The van der Waals surface area contributed by atoms with Gasteiger partial charge in [0.05, 0.1) is 22.1 Å². The number of fused-ring (bicyclic) bond motifs is 10. The van der Waals surface area contributed by atoms with Gasteiger partial charge in [0.15, 0.2) is 0 Å². The molecular formula is C60H38N2O. The van der Waals surface area contributed by atoms with Crippen LogP contribution in [0.3, 0.4) is 0 Å². The van der Waals surface area contributed by atoms with E-state index in [9.17, 15) is 0 Å². The molecule has 0 fully saturated rings. The van der Waals surface area contributed by atoms with Crippen LogP contribution in [0.15, 0.2) is 235 Å². The maximum atomic E-state index is 6.29. The fourth-order valence-electron chi connectivity index (χ4n) is 9.94. The minimum atomic E-state index is 0.916. The third-order valence-electron chi connectivity index (χ3n) is 13.0. The van der Waals surface area contributed by atoms with Crippen molar-refractivity contribution in [3.63, 3.8) is 0 Å². The molecule has 0 amide bonds. The van der Waals surface area contributed by atoms with E-state index >= 15 is 0 Å². The van der Waals surface area contributed by atoms with Gasteiger partial charge < -0.3 is 13.6 Å².